The summed E-state index contributed by atoms with van der Waals surface area (Å²) in [7, 11) is 1.68. The van der Waals surface area contributed by atoms with Crippen molar-refractivity contribution in [1.29, 1.82) is 0 Å². The Labute approximate surface area is 205 Å². The van der Waals surface area contributed by atoms with E-state index in [1.165, 1.54) is 37.8 Å². The van der Waals surface area contributed by atoms with Crippen molar-refractivity contribution < 1.29 is 19.1 Å². The number of nitrogens with one attached hydrogen (secondary N) is 3. The molecule has 1 aromatic heterocycles. The highest BCUT2D eigenvalue weighted by molar-refractivity contribution is 5.90. The lowest BCUT2D eigenvalue weighted by atomic mass is 9.91. The van der Waals surface area contributed by atoms with Crippen LogP contribution in [0, 0.1) is 5.82 Å². The Morgan fingerprint density at radius 2 is 2.03 bits per heavy atom. The van der Waals surface area contributed by atoms with Crippen molar-refractivity contribution in [3.8, 4) is 0 Å². The molecule has 3 fully saturated rings. The van der Waals surface area contributed by atoms with E-state index in [9.17, 15) is 19.1 Å². The van der Waals surface area contributed by atoms with Gasteiger partial charge in [0.1, 0.15) is 11.9 Å². The first-order valence-electron chi connectivity index (χ1n) is 12.8. The normalized spacial score (nSPS) is 26.9. The number of aliphatic hydroxyl groups excluding tert-OH is 1. The van der Waals surface area contributed by atoms with Gasteiger partial charge in [-0.1, -0.05) is 12.8 Å². The quantitative estimate of drug-likeness (QED) is 0.478. The molecule has 1 aromatic carbocycles. The second-order valence-electron chi connectivity index (χ2n) is 10.3. The molecule has 1 aliphatic carbocycles. The molecule has 0 spiro atoms. The van der Waals surface area contributed by atoms with Gasteiger partial charge in [0.15, 0.2) is 0 Å². The predicted octanol–water partition coefficient (Wildman–Crippen LogP) is 1.70. The van der Waals surface area contributed by atoms with E-state index < -0.39 is 18.7 Å². The average Bonchev–Trinajstić information content (AvgIpc) is 3.65. The summed E-state index contributed by atoms with van der Waals surface area (Å²) in [5.41, 5.74) is 1.86. The molecule has 8 nitrogen and oxygen atoms in total. The molecule has 35 heavy (non-hydrogen) atoms. The van der Waals surface area contributed by atoms with Gasteiger partial charge in [-0.3, -0.25) is 14.5 Å². The van der Waals surface area contributed by atoms with Crippen molar-refractivity contribution >= 4 is 22.7 Å². The van der Waals surface area contributed by atoms with Crippen LogP contribution in [0.15, 0.2) is 24.4 Å². The highest BCUT2D eigenvalue weighted by Crippen LogP contribution is 2.45. The number of halogens is 1. The van der Waals surface area contributed by atoms with Crippen LogP contribution in [0.1, 0.15) is 50.5 Å². The largest absolute Gasteiger partial charge is 0.394 e. The van der Waals surface area contributed by atoms with E-state index in [2.05, 4.69) is 20.5 Å². The molecule has 190 valence electrons. The van der Waals surface area contributed by atoms with Gasteiger partial charge in [-0.15, -0.1) is 0 Å². The maximum atomic E-state index is 13.8. The van der Waals surface area contributed by atoms with Crippen molar-refractivity contribution in [3.05, 3.63) is 35.8 Å². The third kappa shape index (κ3) is 4.34. The fraction of sp³-hybridized carbons (Fsp3) is 0.615. The van der Waals surface area contributed by atoms with Crippen LogP contribution in [0.25, 0.3) is 10.9 Å². The predicted molar refractivity (Wildman–Crippen MR) is 131 cm³/mol. The standard InChI is InChI=1S/C26H36FN5O3/c1-15(28-2)25(34)30-22(14-33)26(35)31-10-9-23-24(31)20(13-32(23)17-5-3-4-6-17)19-12-29-21-11-16(27)7-8-18(19)21/h7-8,11-12,15,17,20,22-24,28-29,33H,3-6,9-10,13-14H2,1-2H3,(H,30,34)/t15-,20-,22-,23+,24+/m0/s1. The van der Waals surface area contributed by atoms with Gasteiger partial charge in [0.2, 0.25) is 11.8 Å². The average molecular weight is 486 g/mol. The number of fused-ring (bicyclic) bond motifs is 2. The Hall–Kier alpha value is -2.49. The smallest absolute Gasteiger partial charge is 0.247 e. The number of nitrogens with zero attached hydrogens (tertiary/aromatic N) is 2. The zero-order chi connectivity index (χ0) is 24.7. The van der Waals surface area contributed by atoms with E-state index in [1.807, 2.05) is 17.2 Å². The number of aliphatic hydroxyl groups is 1. The highest BCUT2D eigenvalue weighted by Gasteiger charge is 2.53. The lowest BCUT2D eigenvalue weighted by molar-refractivity contribution is -0.138. The number of likely N-dealkylation sites (tertiary alicyclic amines) is 2. The molecule has 2 aliphatic heterocycles. The van der Waals surface area contributed by atoms with Gasteiger partial charge in [-0.2, -0.15) is 0 Å². The van der Waals surface area contributed by atoms with Crippen LogP contribution in [0.2, 0.25) is 0 Å². The van der Waals surface area contributed by atoms with E-state index in [1.54, 1.807) is 14.0 Å². The molecule has 2 saturated heterocycles. The molecule has 0 unspecified atom stereocenters. The summed E-state index contributed by atoms with van der Waals surface area (Å²) in [5.74, 6) is -0.763. The van der Waals surface area contributed by atoms with Crippen molar-refractivity contribution in [2.24, 2.45) is 0 Å². The number of hydrogen-bond acceptors (Lipinski definition) is 5. The summed E-state index contributed by atoms with van der Waals surface area (Å²) in [4.78, 5) is 33.8. The molecule has 2 aromatic rings. The van der Waals surface area contributed by atoms with Gasteiger partial charge in [-0.05, 0) is 57.0 Å². The summed E-state index contributed by atoms with van der Waals surface area (Å²) in [5, 5.41) is 16.6. The lowest BCUT2D eigenvalue weighted by Crippen LogP contribution is -2.56. The van der Waals surface area contributed by atoms with Gasteiger partial charge < -0.3 is 25.6 Å². The SMILES string of the molecule is CN[C@@H](C)C(=O)N[C@@H](CO)C(=O)N1CC[C@@H]2[C@H]1[C@H](c1c[nH]c3cc(F)ccc13)CN2C1CCCC1. The lowest BCUT2D eigenvalue weighted by Gasteiger charge is -2.32. The number of amides is 2. The van der Waals surface area contributed by atoms with Gasteiger partial charge in [0.25, 0.3) is 0 Å². The van der Waals surface area contributed by atoms with Gasteiger partial charge in [-0.25, -0.2) is 4.39 Å². The molecular weight excluding hydrogens is 449 g/mol. The summed E-state index contributed by atoms with van der Waals surface area (Å²) >= 11 is 0. The molecule has 1 saturated carbocycles. The molecule has 0 bridgehead atoms. The Kier molecular flexibility index (Phi) is 6.83. The van der Waals surface area contributed by atoms with Crippen LogP contribution in [-0.4, -0.2) is 88.7 Å². The minimum atomic E-state index is -0.977. The van der Waals surface area contributed by atoms with Crippen molar-refractivity contribution in [1.82, 2.24) is 25.4 Å². The summed E-state index contributed by atoms with van der Waals surface area (Å²) < 4.78 is 13.8. The van der Waals surface area contributed by atoms with Crippen LogP contribution >= 0.6 is 0 Å². The number of likely N-dealkylation sites (N-methyl/N-ethyl adjacent to an activating group) is 1. The maximum absolute atomic E-state index is 13.8. The summed E-state index contributed by atoms with van der Waals surface area (Å²) in [6, 6.07) is 4.08. The number of aromatic amines is 1. The third-order valence-corrected chi connectivity index (χ3v) is 8.44. The number of hydrogen-bond donors (Lipinski definition) is 4. The Morgan fingerprint density at radius 1 is 1.26 bits per heavy atom. The second-order valence-corrected chi connectivity index (χ2v) is 10.3. The van der Waals surface area contributed by atoms with E-state index >= 15 is 0 Å². The topological polar surface area (TPSA) is 101 Å². The van der Waals surface area contributed by atoms with Crippen LogP contribution in [0.5, 0.6) is 0 Å². The van der Waals surface area contributed by atoms with Crippen molar-refractivity contribution in [2.45, 2.75) is 75.2 Å². The van der Waals surface area contributed by atoms with Crippen LogP contribution in [0.4, 0.5) is 4.39 Å². The zero-order valence-electron chi connectivity index (χ0n) is 20.5. The Bertz CT molecular complexity index is 1080. The molecule has 5 atom stereocenters. The van der Waals surface area contributed by atoms with E-state index in [-0.39, 0.29) is 35.6 Å². The molecule has 3 aliphatic rings. The number of H-pyrrole nitrogens is 1. The number of aromatic nitrogens is 1. The first kappa shape index (κ1) is 24.2. The Morgan fingerprint density at radius 3 is 2.74 bits per heavy atom. The number of carbonyl (C=O) groups is 2. The molecule has 4 N–H and O–H groups in total. The second kappa shape index (κ2) is 9.87. The van der Waals surface area contributed by atoms with Crippen LogP contribution in [0.3, 0.4) is 0 Å². The molecule has 5 rings (SSSR count). The van der Waals surface area contributed by atoms with Gasteiger partial charge in [0.05, 0.1) is 18.7 Å². The van der Waals surface area contributed by atoms with Crippen molar-refractivity contribution in [2.75, 3.05) is 26.7 Å². The first-order chi connectivity index (χ1) is 16.9. The Balaban J connectivity index is 1.46. The monoisotopic (exact) mass is 485 g/mol. The van der Waals surface area contributed by atoms with E-state index in [0.717, 1.165) is 29.4 Å². The van der Waals surface area contributed by atoms with Gasteiger partial charge in [0, 0.05) is 48.2 Å². The van der Waals surface area contributed by atoms with Crippen LogP contribution in [-0.2, 0) is 9.59 Å². The first-order valence-corrected chi connectivity index (χ1v) is 12.8. The molecule has 3 heterocycles. The maximum Gasteiger partial charge on any atom is 0.247 e. The van der Waals surface area contributed by atoms with Crippen LogP contribution < -0.4 is 10.6 Å². The third-order valence-electron chi connectivity index (χ3n) is 8.44. The zero-order valence-corrected chi connectivity index (χ0v) is 20.5. The van der Waals surface area contributed by atoms with Crippen molar-refractivity contribution in [3.63, 3.8) is 0 Å². The number of carbonyl (C=O) groups excluding carboxylic acids is 2. The summed E-state index contributed by atoms with van der Waals surface area (Å²) in [6.07, 6.45) is 7.67. The number of benzene rings is 1. The minimum absolute atomic E-state index is 0.0557. The van der Waals surface area contributed by atoms with Gasteiger partial charge >= 0.3 is 0 Å². The van der Waals surface area contributed by atoms with E-state index in [0.29, 0.717) is 12.6 Å². The molecule has 2 amide bonds. The van der Waals surface area contributed by atoms with E-state index in [4.69, 9.17) is 0 Å². The molecule has 0 radical (unpaired) electrons. The minimum Gasteiger partial charge on any atom is -0.394 e. The highest BCUT2D eigenvalue weighted by atomic mass is 19.1. The summed E-state index contributed by atoms with van der Waals surface area (Å²) in [6.45, 7) is 2.71. The molecule has 9 heteroatoms. The fourth-order valence-electron chi connectivity index (χ4n) is 6.55. The molecular formula is C26H36FN5O3. The fourth-order valence-corrected chi connectivity index (χ4v) is 6.55. The number of rotatable bonds is 7.